The van der Waals surface area contributed by atoms with E-state index in [1.165, 1.54) is 18.3 Å². The number of carbonyl (C=O) groups is 1. The standard InChI is InChI=1S/C29H28BrN5O6/c1-5-40-25-10-17(4)22(13-21(25)16(2)3)28-33-23-9-7-6-8-20(23)29(37)34(28)32-14-18-11-19(30)12-24(35(38)39)27(18)41-15-26(31)36/h6-14,16H,5,15H2,1-4H3,(H2,31,36). The van der Waals surface area contributed by atoms with Crippen LogP contribution in [-0.4, -0.2) is 39.9 Å². The van der Waals surface area contributed by atoms with Gasteiger partial charge >= 0.3 is 5.69 Å². The highest BCUT2D eigenvalue weighted by Crippen LogP contribution is 2.36. The number of amides is 1. The maximum Gasteiger partial charge on any atom is 0.312 e. The number of benzene rings is 3. The van der Waals surface area contributed by atoms with E-state index in [0.717, 1.165) is 21.6 Å². The monoisotopic (exact) mass is 621 g/mol. The molecular weight excluding hydrogens is 594 g/mol. The molecule has 212 valence electrons. The molecule has 1 aromatic heterocycles. The van der Waals surface area contributed by atoms with E-state index in [-0.39, 0.29) is 23.1 Å². The van der Waals surface area contributed by atoms with Crippen molar-refractivity contribution in [3.8, 4) is 22.9 Å². The van der Waals surface area contributed by atoms with E-state index in [0.29, 0.717) is 27.5 Å². The summed E-state index contributed by atoms with van der Waals surface area (Å²) >= 11 is 3.26. The normalized spacial score (nSPS) is 11.4. The number of para-hydroxylation sites is 1. The Bertz CT molecular complexity index is 1750. The first-order chi connectivity index (χ1) is 19.5. The summed E-state index contributed by atoms with van der Waals surface area (Å²) in [6.45, 7) is 7.81. The highest BCUT2D eigenvalue weighted by atomic mass is 79.9. The number of hydrogen-bond acceptors (Lipinski definition) is 8. The van der Waals surface area contributed by atoms with Crippen molar-refractivity contribution < 1.29 is 19.2 Å². The van der Waals surface area contributed by atoms with Crippen molar-refractivity contribution in [3.05, 3.63) is 90.2 Å². The number of carbonyl (C=O) groups excluding carboxylic acids is 1. The lowest BCUT2D eigenvalue weighted by Crippen LogP contribution is -2.22. The number of ether oxygens (including phenoxy) is 2. The smallest absolute Gasteiger partial charge is 0.312 e. The van der Waals surface area contributed by atoms with Gasteiger partial charge in [0.1, 0.15) is 5.75 Å². The molecular formula is C29H28BrN5O6. The summed E-state index contributed by atoms with van der Waals surface area (Å²) in [4.78, 5) is 41.0. The maximum absolute atomic E-state index is 13.8. The van der Waals surface area contributed by atoms with Crippen LogP contribution >= 0.6 is 15.9 Å². The molecule has 0 bridgehead atoms. The first-order valence-corrected chi connectivity index (χ1v) is 13.5. The van der Waals surface area contributed by atoms with Crippen LogP contribution in [0.4, 0.5) is 5.69 Å². The fourth-order valence-corrected chi connectivity index (χ4v) is 4.79. The zero-order valence-corrected chi connectivity index (χ0v) is 24.5. The van der Waals surface area contributed by atoms with Crippen molar-refractivity contribution in [2.24, 2.45) is 10.8 Å². The lowest BCUT2D eigenvalue weighted by Gasteiger charge is -2.18. The molecule has 0 radical (unpaired) electrons. The molecule has 0 fully saturated rings. The van der Waals surface area contributed by atoms with Gasteiger partial charge in [0.05, 0.1) is 28.6 Å². The molecule has 3 aromatic carbocycles. The van der Waals surface area contributed by atoms with Crippen LogP contribution in [0, 0.1) is 17.0 Å². The fourth-order valence-electron chi connectivity index (χ4n) is 4.33. The van der Waals surface area contributed by atoms with Crippen LogP contribution in [0.15, 0.2) is 62.9 Å². The highest BCUT2D eigenvalue weighted by molar-refractivity contribution is 9.10. The van der Waals surface area contributed by atoms with Gasteiger partial charge in [0.2, 0.25) is 5.75 Å². The number of nitro groups is 1. The topological polar surface area (TPSA) is 152 Å². The molecule has 0 saturated heterocycles. The predicted octanol–water partition coefficient (Wildman–Crippen LogP) is 5.31. The summed E-state index contributed by atoms with van der Waals surface area (Å²) < 4.78 is 12.8. The minimum atomic E-state index is -0.811. The molecule has 11 nitrogen and oxygen atoms in total. The molecule has 0 atom stereocenters. The van der Waals surface area contributed by atoms with E-state index >= 15 is 0 Å². The summed E-state index contributed by atoms with van der Waals surface area (Å²) in [6, 6.07) is 13.5. The van der Waals surface area contributed by atoms with E-state index in [1.807, 2.05) is 39.8 Å². The lowest BCUT2D eigenvalue weighted by atomic mass is 9.96. The Morgan fingerprint density at radius 3 is 2.61 bits per heavy atom. The summed E-state index contributed by atoms with van der Waals surface area (Å²) in [5.41, 5.74) is 7.41. The molecule has 0 aliphatic heterocycles. The van der Waals surface area contributed by atoms with Gasteiger partial charge < -0.3 is 15.2 Å². The molecule has 0 unspecified atom stereocenters. The van der Waals surface area contributed by atoms with Crippen molar-refractivity contribution in [2.45, 2.75) is 33.6 Å². The van der Waals surface area contributed by atoms with Crippen molar-refractivity contribution in [3.63, 3.8) is 0 Å². The van der Waals surface area contributed by atoms with E-state index < -0.39 is 28.7 Å². The first-order valence-electron chi connectivity index (χ1n) is 12.7. The van der Waals surface area contributed by atoms with Gasteiger partial charge in [-0.2, -0.15) is 9.78 Å². The molecule has 12 heteroatoms. The van der Waals surface area contributed by atoms with Gasteiger partial charge in [-0.3, -0.25) is 19.7 Å². The third kappa shape index (κ3) is 6.27. The number of hydrogen-bond donors (Lipinski definition) is 1. The molecule has 1 heterocycles. The van der Waals surface area contributed by atoms with E-state index in [1.54, 1.807) is 24.3 Å². The third-order valence-corrected chi connectivity index (χ3v) is 6.66. The summed E-state index contributed by atoms with van der Waals surface area (Å²) in [7, 11) is 0. The Morgan fingerprint density at radius 1 is 1.22 bits per heavy atom. The van der Waals surface area contributed by atoms with Crippen LogP contribution < -0.4 is 20.8 Å². The molecule has 0 saturated carbocycles. The molecule has 1 amide bonds. The van der Waals surface area contributed by atoms with Gasteiger partial charge in [-0.05, 0) is 61.2 Å². The number of rotatable bonds is 10. The molecule has 4 rings (SSSR count). The second kappa shape index (κ2) is 12.3. The van der Waals surface area contributed by atoms with E-state index in [9.17, 15) is 19.7 Å². The number of halogens is 1. The van der Waals surface area contributed by atoms with E-state index in [4.69, 9.17) is 20.2 Å². The zero-order chi connectivity index (χ0) is 29.8. The van der Waals surface area contributed by atoms with Crippen molar-refractivity contribution in [2.75, 3.05) is 13.2 Å². The Hall–Kier alpha value is -4.58. The first kappa shape index (κ1) is 29.4. The number of fused-ring (bicyclic) bond motifs is 1. The van der Waals surface area contributed by atoms with Crippen LogP contribution in [0.5, 0.6) is 11.5 Å². The van der Waals surface area contributed by atoms with Gasteiger partial charge in [0.25, 0.3) is 11.5 Å². The molecule has 0 spiro atoms. The summed E-state index contributed by atoms with van der Waals surface area (Å²) in [5, 5.41) is 16.5. The maximum atomic E-state index is 13.8. The van der Waals surface area contributed by atoms with Gasteiger partial charge in [0.15, 0.2) is 12.4 Å². The molecule has 0 aliphatic rings. The third-order valence-electron chi connectivity index (χ3n) is 6.20. The molecule has 0 aliphatic carbocycles. The number of nitrogens with two attached hydrogens (primary N) is 1. The second-order valence-corrected chi connectivity index (χ2v) is 10.4. The Morgan fingerprint density at radius 2 is 1.95 bits per heavy atom. The molecule has 4 aromatic rings. The van der Waals surface area contributed by atoms with Gasteiger partial charge in [-0.25, -0.2) is 4.98 Å². The second-order valence-electron chi connectivity index (χ2n) is 9.46. The van der Waals surface area contributed by atoms with E-state index in [2.05, 4.69) is 21.0 Å². The summed E-state index contributed by atoms with van der Waals surface area (Å²) in [6.07, 6.45) is 1.25. The zero-order valence-electron chi connectivity index (χ0n) is 22.9. The van der Waals surface area contributed by atoms with Crippen molar-refractivity contribution >= 4 is 44.6 Å². The SMILES string of the molecule is CCOc1cc(C)c(-c2nc3ccccc3c(=O)n2N=Cc2cc(Br)cc([N+](=O)[O-])c2OCC(N)=O)cc1C(C)C. The quantitative estimate of drug-likeness (QED) is 0.143. The van der Waals surface area contributed by atoms with Crippen LogP contribution in [0.1, 0.15) is 43.4 Å². The highest BCUT2D eigenvalue weighted by Gasteiger charge is 2.22. The number of aromatic nitrogens is 2. The van der Waals surface area contributed by atoms with Crippen LogP contribution in [0.2, 0.25) is 0 Å². The van der Waals surface area contributed by atoms with Gasteiger partial charge in [0, 0.05) is 21.7 Å². The Kier molecular flexibility index (Phi) is 8.82. The van der Waals surface area contributed by atoms with Crippen molar-refractivity contribution in [1.29, 1.82) is 0 Å². The number of aryl methyl sites for hydroxylation is 1. The Labute approximate surface area is 243 Å². The van der Waals surface area contributed by atoms with Gasteiger partial charge in [-0.15, -0.1) is 0 Å². The fraction of sp³-hybridized carbons (Fsp3) is 0.241. The molecule has 2 N–H and O–H groups in total. The minimum Gasteiger partial charge on any atom is -0.494 e. The number of nitro benzene ring substituents is 1. The Balaban J connectivity index is 1.99. The van der Waals surface area contributed by atoms with Crippen molar-refractivity contribution in [1.82, 2.24) is 9.66 Å². The largest absolute Gasteiger partial charge is 0.494 e. The predicted molar refractivity (Wildman–Crippen MR) is 160 cm³/mol. The molecule has 41 heavy (non-hydrogen) atoms. The van der Waals surface area contributed by atoms with Crippen LogP contribution in [-0.2, 0) is 4.79 Å². The average Bonchev–Trinajstić information content (AvgIpc) is 2.91. The van der Waals surface area contributed by atoms with Crippen LogP contribution in [0.25, 0.3) is 22.3 Å². The van der Waals surface area contributed by atoms with Gasteiger partial charge in [-0.1, -0.05) is 41.9 Å². The number of nitrogens with zero attached hydrogens (tertiary/aromatic N) is 4. The average molecular weight is 622 g/mol. The number of primary amides is 1. The minimum absolute atomic E-state index is 0.118. The van der Waals surface area contributed by atoms with Crippen LogP contribution in [0.3, 0.4) is 0 Å². The lowest BCUT2D eigenvalue weighted by molar-refractivity contribution is -0.385. The summed E-state index contributed by atoms with van der Waals surface area (Å²) in [5.74, 6) is 0.112.